The molecule has 0 saturated heterocycles. The number of furan rings is 1. The minimum atomic E-state index is 0.914. The summed E-state index contributed by atoms with van der Waals surface area (Å²) in [6.07, 6.45) is 0. The molecule has 11 aromatic rings. The Morgan fingerprint density at radius 1 is 0.286 bits per heavy atom. The summed E-state index contributed by atoms with van der Waals surface area (Å²) in [6.45, 7) is 0. The molecular formula is C54H35NO. The average Bonchev–Trinajstić information content (AvgIpc) is 3.63. The molecule has 0 aliphatic carbocycles. The zero-order valence-corrected chi connectivity index (χ0v) is 30.6. The lowest BCUT2D eigenvalue weighted by atomic mass is 9.94. The molecule has 0 unspecified atom stereocenters. The van der Waals surface area contributed by atoms with Gasteiger partial charge in [-0.1, -0.05) is 158 Å². The molecule has 0 N–H and O–H groups in total. The maximum Gasteiger partial charge on any atom is 0.143 e. The van der Waals surface area contributed by atoms with Gasteiger partial charge in [-0.3, -0.25) is 0 Å². The molecule has 56 heavy (non-hydrogen) atoms. The summed E-state index contributed by atoms with van der Waals surface area (Å²) < 4.78 is 6.60. The van der Waals surface area contributed by atoms with E-state index in [4.69, 9.17) is 4.42 Å². The number of hydrogen-bond donors (Lipinski definition) is 0. The van der Waals surface area contributed by atoms with E-state index in [0.29, 0.717) is 0 Å². The monoisotopic (exact) mass is 713 g/mol. The molecule has 1 heterocycles. The van der Waals surface area contributed by atoms with Crippen LogP contribution in [0.4, 0.5) is 17.1 Å². The molecule has 0 saturated carbocycles. The van der Waals surface area contributed by atoms with Crippen molar-refractivity contribution in [2.24, 2.45) is 0 Å². The largest absolute Gasteiger partial charge is 0.455 e. The van der Waals surface area contributed by atoms with E-state index in [1.165, 1.54) is 54.7 Å². The fourth-order valence-corrected chi connectivity index (χ4v) is 8.46. The fraction of sp³-hybridized carbons (Fsp3) is 0. The summed E-state index contributed by atoms with van der Waals surface area (Å²) in [4.78, 5) is 2.35. The number of benzene rings is 10. The second-order valence-corrected chi connectivity index (χ2v) is 14.5. The summed E-state index contributed by atoms with van der Waals surface area (Å²) >= 11 is 0. The molecule has 0 aliphatic heterocycles. The summed E-state index contributed by atoms with van der Waals surface area (Å²) in [6, 6.07) is 76.4. The van der Waals surface area contributed by atoms with Crippen LogP contribution >= 0.6 is 0 Å². The summed E-state index contributed by atoms with van der Waals surface area (Å²) in [5.74, 6) is 0. The first-order valence-electron chi connectivity index (χ1n) is 19.2. The molecule has 11 rings (SSSR count). The highest BCUT2D eigenvalue weighted by Gasteiger charge is 2.18. The highest BCUT2D eigenvalue weighted by atomic mass is 16.3. The van der Waals surface area contributed by atoms with Crippen molar-refractivity contribution in [1.82, 2.24) is 0 Å². The lowest BCUT2D eigenvalue weighted by Gasteiger charge is -2.26. The lowest BCUT2D eigenvalue weighted by Crippen LogP contribution is -2.09. The van der Waals surface area contributed by atoms with E-state index < -0.39 is 0 Å². The number of hydrogen-bond acceptors (Lipinski definition) is 2. The Bertz CT molecular complexity index is 3210. The molecule has 10 aromatic carbocycles. The smallest absolute Gasteiger partial charge is 0.143 e. The van der Waals surface area contributed by atoms with Gasteiger partial charge < -0.3 is 9.32 Å². The Morgan fingerprint density at radius 2 is 0.786 bits per heavy atom. The minimum absolute atomic E-state index is 0.914. The van der Waals surface area contributed by atoms with Crippen molar-refractivity contribution in [3.63, 3.8) is 0 Å². The zero-order chi connectivity index (χ0) is 37.0. The van der Waals surface area contributed by atoms with Gasteiger partial charge in [0.05, 0.1) is 0 Å². The molecule has 2 nitrogen and oxygen atoms in total. The first-order chi connectivity index (χ1) is 27.7. The highest BCUT2D eigenvalue weighted by Crippen LogP contribution is 2.43. The number of fused-ring (bicyclic) bond motifs is 7. The van der Waals surface area contributed by atoms with E-state index in [9.17, 15) is 0 Å². The molecule has 0 amide bonds. The molecule has 262 valence electrons. The second-order valence-electron chi connectivity index (χ2n) is 14.5. The first kappa shape index (κ1) is 32.0. The summed E-state index contributed by atoms with van der Waals surface area (Å²) in [7, 11) is 0. The van der Waals surface area contributed by atoms with Gasteiger partial charge in [-0.05, 0) is 115 Å². The van der Waals surface area contributed by atoms with Crippen molar-refractivity contribution in [3.8, 4) is 33.4 Å². The summed E-state index contributed by atoms with van der Waals surface area (Å²) in [5.41, 5.74) is 12.3. The third kappa shape index (κ3) is 5.42. The Morgan fingerprint density at radius 3 is 1.46 bits per heavy atom. The molecule has 0 spiro atoms. The molecule has 0 atom stereocenters. The van der Waals surface area contributed by atoms with Gasteiger partial charge in [0.15, 0.2) is 0 Å². The number of rotatable bonds is 6. The second kappa shape index (κ2) is 13.2. The Kier molecular flexibility index (Phi) is 7.53. The van der Waals surface area contributed by atoms with Crippen LogP contribution in [0.2, 0.25) is 0 Å². The maximum atomic E-state index is 6.60. The molecule has 2 heteroatoms. The molecular weight excluding hydrogens is 679 g/mol. The van der Waals surface area contributed by atoms with Gasteiger partial charge >= 0.3 is 0 Å². The van der Waals surface area contributed by atoms with Crippen LogP contribution in [0, 0.1) is 0 Å². The van der Waals surface area contributed by atoms with E-state index in [2.05, 4.69) is 217 Å². The third-order valence-corrected chi connectivity index (χ3v) is 11.2. The predicted molar refractivity (Wildman–Crippen MR) is 237 cm³/mol. The number of nitrogens with zero attached hydrogens (tertiary/aromatic N) is 1. The normalized spacial score (nSPS) is 11.6. The van der Waals surface area contributed by atoms with Gasteiger partial charge in [0.25, 0.3) is 0 Å². The van der Waals surface area contributed by atoms with Gasteiger partial charge in [0.1, 0.15) is 11.2 Å². The van der Waals surface area contributed by atoms with Crippen molar-refractivity contribution >= 4 is 71.3 Å². The topological polar surface area (TPSA) is 16.4 Å². The Balaban J connectivity index is 1.03. The van der Waals surface area contributed by atoms with E-state index >= 15 is 0 Å². The van der Waals surface area contributed by atoms with Gasteiger partial charge in [-0.15, -0.1) is 0 Å². The van der Waals surface area contributed by atoms with Gasteiger partial charge in [-0.2, -0.15) is 0 Å². The molecule has 0 bridgehead atoms. The van der Waals surface area contributed by atoms with E-state index in [1.54, 1.807) is 0 Å². The van der Waals surface area contributed by atoms with Crippen LogP contribution in [0.1, 0.15) is 0 Å². The standard InChI is InChI=1S/C54H35NO/c1-2-11-36(12-3-1)37-21-27-43(28-22-37)55(44-29-23-39(24-30-44)47-20-10-16-38-13-6-7-17-46(38)47)45-31-25-40(26-32-45)50-35-52-51-33-41-14-4-5-15-42(41)34-53(51)56-54(52)49-19-9-8-18-48(49)50/h1-35H. The molecule has 0 fully saturated rings. The van der Waals surface area contributed by atoms with Crippen LogP contribution in [0.5, 0.6) is 0 Å². The minimum Gasteiger partial charge on any atom is -0.455 e. The summed E-state index contributed by atoms with van der Waals surface area (Å²) in [5, 5.41) is 9.47. The average molecular weight is 714 g/mol. The quantitative estimate of drug-likeness (QED) is 0.171. The van der Waals surface area contributed by atoms with Crippen molar-refractivity contribution in [2.45, 2.75) is 0 Å². The van der Waals surface area contributed by atoms with Crippen molar-refractivity contribution < 1.29 is 4.42 Å². The van der Waals surface area contributed by atoms with E-state index in [1.807, 2.05) is 0 Å². The molecule has 0 aliphatic rings. The fourth-order valence-electron chi connectivity index (χ4n) is 8.46. The number of anilines is 3. The van der Waals surface area contributed by atoms with Crippen LogP contribution in [-0.4, -0.2) is 0 Å². The van der Waals surface area contributed by atoms with E-state index in [-0.39, 0.29) is 0 Å². The lowest BCUT2D eigenvalue weighted by molar-refractivity contribution is 0.673. The van der Waals surface area contributed by atoms with Crippen LogP contribution in [0.25, 0.3) is 87.6 Å². The van der Waals surface area contributed by atoms with Gasteiger partial charge in [0.2, 0.25) is 0 Å². The Labute approximate surface area is 325 Å². The third-order valence-electron chi connectivity index (χ3n) is 11.2. The van der Waals surface area contributed by atoms with Crippen LogP contribution < -0.4 is 4.90 Å². The van der Waals surface area contributed by atoms with Crippen LogP contribution in [0.15, 0.2) is 217 Å². The SMILES string of the molecule is c1ccc(-c2ccc(N(c3ccc(-c4cccc5ccccc45)cc3)c3ccc(-c4cc5c6cc7ccccc7cc6oc5c5ccccc45)cc3)cc2)cc1. The van der Waals surface area contributed by atoms with Gasteiger partial charge in [0, 0.05) is 33.2 Å². The predicted octanol–water partition coefficient (Wildman–Crippen LogP) is 15.5. The Hall–Kier alpha value is -7.42. The molecule has 1 aromatic heterocycles. The van der Waals surface area contributed by atoms with Crippen molar-refractivity contribution in [3.05, 3.63) is 212 Å². The maximum absolute atomic E-state index is 6.60. The van der Waals surface area contributed by atoms with Crippen LogP contribution in [-0.2, 0) is 0 Å². The van der Waals surface area contributed by atoms with Crippen molar-refractivity contribution in [1.29, 1.82) is 0 Å². The van der Waals surface area contributed by atoms with E-state index in [0.717, 1.165) is 50.0 Å². The van der Waals surface area contributed by atoms with Crippen molar-refractivity contribution in [2.75, 3.05) is 4.90 Å². The molecule has 0 radical (unpaired) electrons. The first-order valence-corrected chi connectivity index (χ1v) is 19.2. The van der Waals surface area contributed by atoms with Crippen LogP contribution in [0.3, 0.4) is 0 Å². The zero-order valence-electron chi connectivity index (χ0n) is 30.6. The van der Waals surface area contributed by atoms with Gasteiger partial charge in [-0.25, -0.2) is 0 Å². The highest BCUT2D eigenvalue weighted by molar-refractivity contribution is 6.20.